The smallest absolute Gasteiger partial charge is 0.213 e. The normalized spacial score (nSPS) is 24.2. The highest BCUT2D eigenvalue weighted by molar-refractivity contribution is 14.0. The summed E-state index contributed by atoms with van der Waals surface area (Å²) in [6.45, 7) is 3.85. The van der Waals surface area contributed by atoms with Gasteiger partial charge in [0.05, 0.1) is 18.5 Å². The van der Waals surface area contributed by atoms with E-state index in [0.29, 0.717) is 25.0 Å². The van der Waals surface area contributed by atoms with Gasteiger partial charge in [0.25, 0.3) is 0 Å². The number of rotatable bonds is 8. The number of nitrogens with one attached hydrogen (secondary N) is 2. The summed E-state index contributed by atoms with van der Waals surface area (Å²) in [5.41, 5.74) is 0. The van der Waals surface area contributed by atoms with Gasteiger partial charge in [-0.3, -0.25) is 4.99 Å². The van der Waals surface area contributed by atoms with E-state index in [1.807, 2.05) is 11.9 Å². The lowest BCUT2D eigenvalue weighted by atomic mass is 10.1. The number of hydrogen-bond acceptors (Lipinski definition) is 5. The Labute approximate surface area is 174 Å². The molecule has 0 spiro atoms. The average molecular weight is 504 g/mol. The molecule has 154 valence electrons. The molecule has 10 heteroatoms. The highest BCUT2D eigenvalue weighted by Gasteiger charge is 2.20. The maximum atomic E-state index is 12.1. The van der Waals surface area contributed by atoms with Gasteiger partial charge in [-0.25, -0.2) is 13.1 Å². The zero-order valence-corrected chi connectivity index (χ0v) is 18.9. The fraction of sp³-hybridized carbons (Fsp3) is 0.938. The Morgan fingerprint density at radius 2 is 2.08 bits per heavy atom. The lowest BCUT2D eigenvalue weighted by Crippen LogP contribution is -2.44. The molecule has 0 aromatic carbocycles. The third-order valence-corrected chi connectivity index (χ3v) is 5.94. The fourth-order valence-electron chi connectivity index (χ4n) is 3.14. The number of sulfonamides is 1. The van der Waals surface area contributed by atoms with Crippen LogP contribution in [0.2, 0.25) is 0 Å². The summed E-state index contributed by atoms with van der Waals surface area (Å²) < 4.78 is 37.8. The number of halogens is 1. The number of guanidine groups is 1. The van der Waals surface area contributed by atoms with Crippen LogP contribution in [0.25, 0.3) is 0 Å². The molecule has 2 unspecified atom stereocenters. The predicted octanol–water partition coefficient (Wildman–Crippen LogP) is 0.637. The van der Waals surface area contributed by atoms with E-state index < -0.39 is 10.0 Å². The van der Waals surface area contributed by atoms with Crippen LogP contribution in [-0.4, -0.2) is 84.7 Å². The zero-order chi connectivity index (χ0) is 18.1. The Bertz CT molecular complexity index is 520. The molecule has 0 bridgehead atoms. The lowest BCUT2D eigenvalue weighted by molar-refractivity contribution is 0.0200. The largest absolute Gasteiger partial charge is 0.381 e. The molecule has 2 saturated heterocycles. The molecule has 2 N–H and O–H groups in total. The van der Waals surface area contributed by atoms with Gasteiger partial charge in [-0.15, -0.1) is 24.0 Å². The van der Waals surface area contributed by atoms with Gasteiger partial charge in [0.1, 0.15) is 0 Å². The van der Waals surface area contributed by atoms with Gasteiger partial charge < -0.3 is 19.7 Å². The zero-order valence-electron chi connectivity index (χ0n) is 15.8. The maximum Gasteiger partial charge on any atom is 0.213 e. The molecule has 2 fully saturated rings. The van der Waals surface area contributed by atoms with Crippen molar-refractivity contribution in [3.63, 3.8) is 0 Å². The van der Waals surface area contributed by atoms with Crippen molar-refractivity contribution >= 4 is 40.0 Å². The predicted molar refractivity (Wildman–Crippen MR) is 114 cm³/mol. The molecule has 2 rings (SSSR count). The molecule has 0 aromatic heterocycles. The summed E-state index contributed by atoms with van der Waals surface area (Å²) >= 11 is 0. The van der Waals surface area contributed by atoms with E-state index in [-0.39, 0.29) is 35.8 Å². The Balaban J connectivity index is 0.00000338. The highest BCUT2D eigenvalue weighted by Crippen LogP contribution is 2.13. The molecule has 2 aliphatic heterocycles. The van der Waals surface area contributed by atoms with Gasteiger partial charge in [0.15, 0.2) is 5.96 Å². The first-order valence-corrected chi connectivity index (χ1v) is 10.7. The number of aliphatic imine (C=N–C) groups is 1. The van der Waals surface area contributed by atoms with Crippen molar-refractivity contribution in [2.24, 2.45) is 10.9 Å². The third-order valence-electron chi connectivity index (χ3n) is 4.59. The molecule has 2 aliphatic rings. The van der Waals surface area contributed by atoms with Gasteiger partial charge in [-0.2, -0.15) is 0 Å². The molecule has 0 saturated carbocycles. The summed E-state index contributed by atoms with van der Waals surface area (Å²) in [6.07, 6.45) is 4.14. The van der Waals surface area contributed by atoms with Crippen LogP contribution >= 0.6 is 24.0 Å². The van der Waals surface area contributed by atoms with E-state index in [4.69, 9.17) is 9.47 Å². The van der Waals surface area contributed by atoms with Gasteiger partial charge in [0.2, 0.25) is 10.0 Å². The Hall–Kier alpha value is -0.170. The second-order valence-electron chi connectivity index (χ2n) is 6.74. The van der Waals surface area contributed by atoms with Crippen molar-refractivity contribution in [3.05, 3.63) is 0 Å². The molecule has 0 aromatic rings. The van der Waals surface area contributed by atoms with Crippen molar-refractivity contribution in [2.45, 2.75) is 31.8 Å². The van der Waals surface area contributed by atoms with Gasteiger partial charge >= 0.3 is 0 Å². The first-order valence-electron chi connectivity index (χ1n) is 9.08. The van der Waals surface area contributed by atoms with E-state index in [9.17, 15) is 8.42 Å². The van der Waals surface area contributed by atoms with Crippen LogP contribution in [0.3, 0.4) is 0 Å². The number of nitrogens with zero attached hydrogens (tertiary/aromatic N) is 2. The van der Waals surface area contributed by atoms with Crippen LogP contribution in [0.15, 0.2) is 4.99 Å². The van der Waals surface area contributed by atoms with Crippen molar-refractivity contribution in [2.75, 3.05) is 59.3 Å². The molecule has 2 atom stereocenters. The van der Waals surface area contributed by atoms with Gasteiger partial charge in [-0.05, 0) is 25.7 Å². The molecule has 0 amide bonds. The molecule has 8 nitrogen and oxygen atoms in total. The summed E-state index contributed by atoms with van der Waals surface area (Å²) in [4.78, 5) is 6.25. The van der Waals surface area contributed by atoms with E-state index in [2.05, 4.69) is 15.0 Å². The quantitative estimate of drug-likeness (QED) is 0.287. The van der Waals surface area contributed by atoms with E-state index >= 15 is 0 Å². The molecule has 2 heterocycles. The molecule has 0 aliphatic carbocycles. The van der Waals surface area contributed by atoms with E-state index in [1.165, 1.54) is 0 Å². The fourth-order valence-corrected chi connectivity index (χ4v) is 4.10. The minimum Gasteiger partial charge on any atom is -0.381 e. The van der Waals surface area contributed by atoms with Crippen LogP contribution in [0, 0.1) is 5.92 Å². The van der Waals surface area contributed by atoms with E-state index in [1.54, 1.807) is 7.05 Å². The van der Waals surface area contributed by atoms with Crippen LogP contribution in [0.5, 0.6) is 0 Å². The topological polar surface area (TPSA) is 92.3 Å². The van der Waals surface area contributed by atoms with Crippen LogP contribution in [0.1, 0.15) is 25.7 Å². The van der Waals surface area contributed by atoms with Crippen molar-refractivity contribution < 1.29 is 17.9 Å². The van der Waals surface area contributed by atoms with E-state index in [0.717, 1.165) is 52.0 Å². The average Bonchev–Trinajstić information content (AvgIpc) is 3.11. The monoisotopic (exact) mass is 504 g/mol. The van der Waals surface area contributed by atoms with Crippen molar-refractivity contribution in [3.8, 4) is 0 Å². The van der Waals surface area contributed by atoms with Crippen molar-refractivity contribution in [1.29, 1.82) is 0 Å². The van der Waals surface area contributed by atoms with Gasteiger partial charge in [0, 0.05) is 52.9 Å². The summed E-state index contributed by atoms with van der Waals surface area (Å²) in [5.74, 6) is 1.22. The third kappa shape index (κ3) is 8.68. The summed E-state index contributed by atoms with van der Waals surface area (Å²) in [6, 6.07) is 0. The van der Waals surface area contributed by atoms with Crippen LogP contribution in [0.4, 0.5) is 0 Å². The number of hydrogen-bond donors (Lipinski definition) is 2. The Morgan fingerprint density at radius 1 is 1.27 bits per heavy atom. The maximum absolute atomic E-state index is 12.1. The SMILES string of the molecule is CN=C(NCCS(=O)(=O)NCC1CCCCO1)N(C)CC1CCOC1.I. The van der Waals surface area contributed by atoms with Gasteiger partial charge in [-0.1, -0.05) is 0 Å². The Kier molecular flexibility index (Phi) is 11.3. The second-order valence-corrected chi connectivity index (χ2v) is 8.67. The molecule has 26 heavy (non-hydrogen) atoms. The standard InChI is InChI=1S/C16H32N4O4S.HI/c1-17-16(20(2)12-14-6-9-23-13-14)18-7-10-25(21,22)19-11-15-5-3-4-8-24-15;/h14-15,19H,3-13H2,1-2H3,(H,17,18);1H. The second kappa shape index (κ2) is 12.3. The summed E-state index contributed by atoms with van der Waals surface area (Å²) in [5, 5.41) is 3.12. The molecule has 0 radical (unpaired) electrons. The molecular weight excluding hydrogens is 471 g/mol. The van der Waals surface area contributed by atoms with Crippen LogP contribution in [-0.2, 0) is 19.5 Å². The first-order chi connectivity index (χ1) is 12.0. The lowest BCUT2D eigenvalue weighted by Gasteiger charge is -2.25. The highest BCUT2D eigenvalue weighted by atomic mass is 127. The Morgan fingerprint density at radius 3 is 2.69 bits per heavy atom. The minimum absolute atomic E-state index is 0. The van der Waals surface area contributed by atoms with Crippen molar-refractivity contribution in [1.82, 2.24) is 14.9 Å². The molecular formula is C16H33IN4O4S. The van der Waals surface area contributed by atoms with Crippen LogP contribution < -0.4 is 10.0 Å². The number of ether oxygens (including phenoxy) is 2. The minimum atomic E-state index is -3.32. The first kappa shape index (κ1) is 23.9. The summed E-state index contributed by atoms with van der Waals surface area (Å²) in [7, 11) is 0.346.